The SMILES string of the molecule is CCC(N)Cc1nc2c(C)cccc2s1. The summed E-state index contributed by atoms with van der Waals surface area (Å²) in [4.78, 5) is 4.64. The first-order valence-electron chi connectivity index (χ1n) is 5.31. The Bertz CT molecular complexity index is 462. The van der Waals surface area contributed by atoms with Crippen LogP contribution in [0, 0.1) is 6.92 Å². The highest BCUT2D eigenvalue weighted by atomic mass is 32.1. The van der Waals surface area contributed by atoms with Gasteiger partial charge in [-0.1, -0.05) is 19.1 Å². The minimum absolute atomic E-state index is 0.242. The van der Waals surface area contributed by atoms with Gasteiger partial charge < -0.3 is 5.73 Å². The van der Waals surface area contributed by atoms with Crippen LogP contribution < -0.4 is 5.73 Å². The number of rotatable bonds is 3. The number of hydrogen-bond acceptors (Lipinski definition) is 3. The largest absolute Gasteiger partial charge is 0.327 e. The Kier molecular flexibility index (Phi) is 3.03. The van der Waals surface area contributed by atoms with E-state index in [1.165, 1.54) is 10.3 Å². The normalized spacial score (nSPS) is 13.3. The molecule has 0 aliphatic heterocycles. The summed E-state index contributed by atoms with van der Waals surface area (Å²) in [6.45, 7) is 4.22. The minimum atomic E-state index is 0.242. The van der Waals surface area contributed by atoms with Gasteiger partial charge in [-0.3, -0.25) is 0 Å². The predicted octanol–water partition coefficient (Wildman–Crippen LogP) is 2.88. The van der Waals surface area contributed by atoms with Crippen LogP contribution in [0.1, 0.15) is 23.9 Å². The molecule has 1 heterocycles. The van der Waals surface area contributed by atoms with Crippen molar-refractivity contribution in [1.29, 1.82) is 0 Å². The number of aryl methyl sites for hydroxylation is 1. The van der Waals surface area contributed by atoms with E-state index in [1.807, 2.05) is 0 Å². The third kappa shape index (κ3) is 2.19. The van der Waals surface area contributed by atoms with E-state index in [0.29, 0.717) is 0 Å². The van der Waals surface area contributed by atoms with E-state index >= 15 is 0 Å². The molecule has 1 aromatic carbocycles. The van der Waals surface area contributed by atoms with Gasteiger partial charge >= 0.3 is 0 Å². The first-order chi connectivity index (χ1) is 7.20. The molecule has 0 saturated heterocycles. The number of nitrogens with zero attached hydrogens (tertiary/aromatic N) is 1. The molecule has 80 valence electrons. The zero-order valence-electron chi connectivity index (χ0n) is 9.16. The molecule has 0 bridgehead atoms. The maximum absolute atomic E-state index is 5.93. The molecule has 2 N–H and O–H groups in total. The first kappa shape index (κ1) is 10.6. The molecule has 1 atom stereocenters. The molecule has 0 amide bonds. The van der Waals surface area contributed by atoms with Crippen molar-refractivity contribution in [2.24, 2.45) is 5.73 Å². The second kappa shape index (κ2) is 4.29. The van der Waals surface area contributed by atoms with Crippen LogP contribution in [0.15, 0.2) is 18.2 Å². The molecule has 1 unspecified atom stereocenters. The van der Waals surface area contributed by atoms with Crippen molar-refractivity contribution in [1.82, 2.24) is 4.98 Å². The number of benzene rings is 1. The number of thiazole rings is 1. The standard InChI is InChI=1S/C12H16N2S/c1-3-9(13)7-11-14-12-8(2)5-4-6-10(12)15-11/h4-6,9H,3,7,13H2,1-2H3. The third-order valence-corrected chi connectivity index (χ3v) is 3.67. The molecule has 2 aromatic rings. The number of fused-ring (bicyclic) bond motifs is 1. The lowest BCUT2D eigenvalue weighted by Crippen LogP contribution is -2.21. The van der Waals surface area contributed by atoms with Gasteiger partial charge in [-0.15, -0.1) is 11.3 Å². The van der Waals surface area contributed by atoms with Crippen LogP contribution >= 0.6 is 11.3 Å². The van der Waals surface area contributed by atoms with Crippen molar-refractivity contribution >= 4 is 21.6 Å². The van der Waals surface area contributed by atoms with Crippen molar-refractivity contribution in [2.45, 2.75) is 32.7 Å². The Morgan fingerprint density at radius 3 is 2.93 bits per heavy atom. The summed E-state index contributed by atoms with van der Waals surface area (Å²) in [5.41, 5.74) is 8.32. The molecule has 0 aliphatic rings. The van der Waals surface area contributed by atoms with Crippen molar-refractivity contribution in [3.05, 3.63) is 28.8 Å². The lowest BCUT2D eigenvalue weighted by atomic mass is 10.2. The van der Waals surface area contributed by atoms with E-state index < -0.39 is 0 Å². The fourth-order valence-electron chi connectivity index (χ4n) is 1.59. The second-order valence-electron chi connectivity index (χ2n) is 3.90. The van der Waals surface area contributed by atoms with E-state index in [4.69, 9.17) is 5.73 Å². The molecule has 0 aliphatic carbocycles. The Hall–Kier alpha value is -0.930. The second-order valence-corrected chi connectivity index (χ2v) is 5.02. The van der Waals surface area contributed by atoms with Crippen LogP contribution in [0.5, 0.6) is 0 Å². The Balaban J connectivity index is 2.35. The predicted molar refractivity (Wildman–Crippen MR) is 66.3 cm³/mol. The zero-order chi connectivity index (χ0) is 10.8. The van der Waals surface area contributed by atoms with Crippen molar-refractivity contribution in [3.63, 3.8) is 0 Å². The number of para-hydroxylation sites is 1. The van der Waals surface area contributed by atoms with Gasteiger partial charge in [0.05, 0.1) is 15.2 Å². The minimum Gasteiger partial charge on any atom is -0.327 e. The van der Waals surface area contributed by atoms with Gasteiger partial charge in [0.1, 0.15) is 0 Å². The van der Waals surface area contributed by atoms with Gasteiger partial charge in [0.25, 0.3) is 0 Å². The summed E-state index contributed by atoms with van der Waals surface area (Å²) in [6, 6.07) is 6.55. The average molecular weight is 220 g/mol. The Morgan fingerprint density at radius 1 is 1.47 bits per heavy atom. The van der Waals surface area contributed by atoms with Gasteiger partial charge in [-0.25, -0.2) is 4.98 Å². The maximum Gasteiger partial charge on any atom is 0.0954 e. The molecule has 0 radical (unpaired) electrons. The average Bonchev–Trinajstić information content (AvgIpc) is 2.62. The van der Waals surface area contributed by atoms with Gasteiger partial charge in [0.15, 0.2) is 0 Å². The molecule has 1 aromatic heterocycles. The molecular weight excluding hydrogens is 204 g/mol. The van der Waals surface area contributed by atoms with Crippen molar-refractivity contribution in [2.75, 3.05) is 0 Å². The first-order valence-corrected chi connectivity index (χ1v) is 6.13. The van der Waals surface area contributed by atoms with E-state index in [-0.39, 0.29) is 6.04 Å². The van der Waals surface area contributed by atoms with Crippen LogP contribution in [0.2, 0.25) is 0 Å². The molecule has 2 rings (SSSR count). The smallest absolute Gasteiger partial charge is 0.0954 e. The molecule has 0 fully saturated rings. The van der Waals surface area contributed by atoms with Crippen LogP contribution in [-0.4, -0.2) is 11.0 Å². The van der Waals surface area contributed by atoms with Crippen LogP contribution in [-0.2, 0) is 6.42 Å². The van der Waals surface area contributed by atoms with E-state index in [0.717, 1.165) is 23.4 Å². The molecular formula is C12H16N2S. The molecule has 15 heavy (non-hydrogen) atoms. The third-order valence-electron chi connectivity index (χ3n) is 2.63. The quantitative estimate of drug-likeness (QED) is 0.863. The summed E-state index contributed by atoms with van der Waals surface area (Å²) < 4.78 is 1.27. The Morgan fingerprint density at radius 2 is 2.27 bits per heavy atom. The molecule has 3 heteroatoms. The summed E-state index contributed by atoms with van der Waals surface area (Å²) in [5, 5.41) is 1.16. The van der Waals surface area contributed by atoms with E-state index in [2.05, 4.69) is 37.0 Å². The monoisotopic (exact) mass is 220 g/mol. The maximum atomic E-state index is 5.93. The van der Waals surface area contributed by atoms with Crippen LogP contribution in [0.4, 0.5) is 0 Å². The molecule has 0 spiro atoms. The highest BCUT2D eigenvalue weighted by molar-refractivity contribution is 7.18. The van der Waals surface area contributed by atoms with Gasteiger partial charge in [-0.05, 0) is 25.0 Å². The van der Waals surface area contributed by atoms with E-state index in [1.54, 1.807) is 11.3 Å². The summed E-state index contributed by atoms with van der Waals surface area (Å²) in [5.74, 6) is 0. The molecule has 0 saturated carbocycles. The fraction of sp³-hybridized carbons (Fsp3) is 0.417. The van der Waals surface area contributed by atoms with Crippen LogP contribution in [0.3, 0.4) is 0 Å². The van der Waals surface area contributed by atoms with E-state index in [9.17, 15) is 0 Å². The lowest BCUT2D eigenvalue weighted by Gasteiger charge is -2.03. The van der Waals surface area contributed by atoms with Crippen molar-refractivity contribution in [3.8, 4) is 0 Å². The summed E-state index contributed by atoms with van der Waals surface area (Å²) in [6.07, 6.45) is 1.91. The lowest BCUT2D eigenvalue weighted by molar-refractivity contribution is 0.645. The van der Waals surface area contributed by atoms with Gasteiger partial charge in [0, 0.05) is 12.5 Å². The highest BCUT2D eigenvalue weighted by Crippen LogP contribution is 2.25. The zero-order valence-corrected chi connectivity index (χ0v) is 9.97. The van der Waals surface area contributed by atoms with Gasteiger partial charge in [0.2, 0.25) is 0 Å². The topological polar surface area (TPSA) is 38.9 Å². The summed E-state index contributed by atoms with van der Waals surface area (Å²) >= 11 is 1.76. The van der Waals surface area contributed by atoms with Crippen LogP contribution in [0.25, 0.3) is 10.2 Å². The number of aromatic nitrogens is 1. The summed E-state index contributed by atoms with van der Waals surface area (Å²) in [7, 11) is 0. The highest BCUT2D eigenvalue weighted by Gasteiger charge is 2.08. The molecule has 2 nitrogen and oxygen atoms in total. The number of nitrogens with two attached hydrogens (primary N) is 1. The number of hydrogen-bond donors (Lipinski definition) is 1. The fourth-order valence-corrected chi connectivity index (χ4v) is 2.73. The Labute approximate surface area is 94.1 Å². The van der Waals surface area contributed by atoms with Crippen molar-refractivity contribution < 1.29 is 0 Å². The van der Waals surface area contributed by atoms with Gasteiger partial charge in [-0.2, -0.15) is 0 Å².